The number of hydrogen-bond acceptors (Lipinski definition) is 4. The summed E-state index contributed by atoms with van der Waals surface area (Å²) in [6.07, 6.45) is 0. The number of fused-ring (bicyclic) bond motifs is 10. The molecule has 6 heteroatoms. The van der Waals surface area contributed by atoms with E-state index in [1.54, 1.807) is 0 Å². The van der Waals surface area contributed by atoms with Gasteiger partial charge in [-0.1, -0.05) is 133 Å². The topological polar surface area (TPSA) is 61.7 Å². The zero-order chi connectivity index (χ0) is 37.5. The van der Waals surface area contributed by atoms with Gasteiger partial charge in [0.2, 0.25) is 0 Å². The third-order valence-corrected chi connectivity index (χ3v) is 11.2. The lowest BCUT2D eigenvalue weighted by atomic mass is 10.1. The lowest BCUT2D eigenvalue weighted by Gasteiger charge is -2.12. The maximum Gasteiger partial charge on any atom is 0.164 e. The number of benzene rings is 8. The SMILES string of the molecule is c1ccc(-c2nc(-c3ccccc3)nc(-c3cccc(-n4c5ccccc5c5c4ccc4c6ccccc6n(-c6ccc7oc8ccccc8c7c6)c45)c3)n2)cc1. The molecule has 0 aliphatic rings. The molecule has 0 aliphatic heterocycles. The van der Waals surface area contributed by atoms with E-state index in [2.05, 4.69) is 124 Å². The third kappa shape index (κ3) is 4.87. The lowest BCUT2D eigenvalue weighted by molar-refractivity contribution is 0.669. The fraction of sp³-hybridized carbons (Fsp3) is 0. The van der Waals surface area contributed by atoms with Crippen LogP contribution in [0.3, 0.4) is 0 Å². The van der Waals surface area contributed by atoms with Crippen molar-refractivity contribution < 1.29 is 4.42 Å². The summed E-state index contributed by atoms with van der Waals surface area (Å²) in [5, 5.41) is 7.01. The number of furan rings is 1. The van der Waals surface area contributed by atoms with E-state index in [-0.39, 0.29) is 0 Å². The average molecular weight is 730 g/mol. The molecule has 0 radical (unpaired) electrons. The van der Waals surface area contributed by atoms with E-state index in [1.165, 1.54) is 27.1 Å². The van der Waals surface area contributed by atoms with Gasteiger partial charge in [-0.25, -0.2) is 15.0 Å². The molecule has 0 atom stereocenters. The zero-order valence-electron chi connectivity index (χ0n) is 30.5. The van der Waals surface area contributed by atoms with Crippen LogP contribution in [0.2, 0.25) is 0 Å². The van der Waals surface area contributed by atoms with Crippen LogP contribution in [0.4, 0.5) is 0 Å². The summed E-state index contributed by atoms with van der Waals surface area (Å²) in [6, 6.07) is 65.6. The Balaban J connectivity index is 1.11. The van der Waals surface area contributed by atoms with Gasteiger partial charge in [-0.3, -0.25) is 0 Å². The summed E-state index contributed by atoms with van der Waals surface area (Å²) < 4.78 is 11.1. The van der Waals surface area contributed by atoms with E-state index in [9.17, 15) is 0 Å². The first-order chi connectivity index (χ1) is 28.3. The van der Waals surface area contributed by atoms with Gasteiger partial charge in [-0.2, -0.15) is 0 Å². The molecule has 0 saturated heterocycles. The number of hydrogen-bond donors (Lipinski definition) is 0. The molecule has 0 saturated carbocycles. The van der Waals surface area contributed by atoms with Crippen LogP contribution in [0.1, 0.15) is 0 Å². The highest BCUT2D eigenvalue weighted by Crippen LogP contribution is 2.43. The number of nitrogens with zero attached hydrogens (tertiary/aromatic N) is 5. The molecule has 6 nitrogen and oxygen atoms in total. The largest absolute Gasteiger partial charge is 0.456 e. The molecule has 0 unspecified atom stereocenters. The van der Waals surface area contributed by atoms with Crippen LogP contribution in [0, 0.1) is 0 Å². The third-order valence-electron chi connectivity index (χ3n) is 11.2. The predicted molar refractivity (Wildman–Crippen MR) is 232 cm³/mol. The molecule has 0 N–H and O–H groups in total. The van der Waals surface area contributed by atoms with Crippen molar-refractivity contribution in [2.45, 2.75) is 0 Å². The molecule has 12 rings (SSSR count). The van der Waals surface area contributed by atoms with Crippen LogP contribution in [0.15, 0.2) is 192 Å². The molecule has 4 heterocycles. The van der Waals surface area contributed by atoms with Crippen molar-refractivity contribution in [2.24, 2.45) is 0 Å². The second kappa shape index (κ2) is 12.3. The Morgan fingerprint density at radius 2 is 0.895 bits per heavy atom. The van der Waals surface area contributed by atoms with Gasteiger partial charge in [0, 0.05) is 60.4 Å². The first-order valence-electron chi connectivity index (χ1n) is 19.1. The van der Waals surface area contributed by atoms with Crippen molar-refractivity contribution in [3.63, 3.8) is 0 Å². The van der Waals surface area contributed by atoms with Gasteiger partial charge >= 0.3 is 0 Å². The highest BCUT2D eigenvalue weighted by Gasteiger charge is 2.22. The van der Waals surface area contributed by atoms with Gasteiger partial charge < -0.3 is 13.6 Å². The Kier molecular flexibility index (Phi) is 6.83. The molecule has 266 valence electrons. The van der Waals surface area contributed by atoms with Crippen molar-refractivity contribution in [3.8, 4) is 45.5 Å². The van der Waals surface area contributed by atoms with Crippen molar-refractivity contribution in [3.05, 3.63) is 188 Å². The summed E-state index contributed by atoms with van der Waals surface area (Å²) >= 11 is 0. The number of rotatable bonds is 5. The molecule has 8 aromatic carbocycles. The van der Waals surface area contributed by atoms with Crippen LogP contribution in [0.25, 0.3) is 111 Å². The fourth-order valence-electron chi connectivity index (χ4n) is 8.63. The molecule has 0 bridgehead atoms. The van der Waals surface area contributed by atoms with Crippen LogP contribution < -0.4 is 0 Å². The average Bonchev–Trinajstić information content (AvgIpc) is 3.94. The van der Waals surface area contributed by atoms with Crippen molar-refractivity contribution >= 4 is 65.6 Å². The lowest BCUT2D eigenvalue weighted by Crippen LogP contribution is -2.01. The molecule has 0 aliphatic carbocycles. The van der Waals surface area contributed by atoms with Gasteiger partial charge in [0.15, 0.2) is 17.5 Å². The van der Waals surface area contributed by atoms with E-state index < -0.39 is 0 Å². The minimum atomic E-state index is 0.620. The highest BCUT2D eigenvalue weighted by molar-refractivity contribution is 6.26. The Morgan fingerprint density at radius 1 is 0.333 bits per heavy atom. The van der Waals surface area contributed by atoms with E-state index in [0.29, 0.717) is 17.5 Å². The minimum absolute atomic E-state index is 0.620. The molecule has 57 heavy (non-hydrogen) atoms. The second-order valence-electron chi connectivity index (χ2n) is 14.4. The predicted octanol–water partition coefficient (Wildman–Crippen LogP) is 13.0. The Labute approximate surface area is 326 Å². The van der Waals surface area contributed by atoms with Crippen LogP contribution in [0.5, 0.6) is 0 Å². The van der Waals surface area contributed by atoms with Crippen molar-refractivity contribution in [2.75, 3.05) is 0 Å². The monoisotopic (exact) mass is 729 g/mol. The van der Waals surface area contributed by atoms with Crippen LogP contribution >= 0.6 is 0 Å². The van der Waals surface area contributed by atoms with Crippen LogP contribution in [-0.4, -0.2) is 24.1 Å². The summed E-state index contributed by atoms with van der Waals surface area (Å²) in [6.45, 7) is 0. The highest BCUT2D eigenvalue weighted by atomic mass is 16.3. The molecule has 4 aromatic heterocycles. The maximum absolute atomic E-state index is 6.25. The molecule has 0 spiro atoms. The van der Waals surface area contributed by atoms with E-state index in [0.717, 1.165) is 66.6 Å². The summed E-state index contributed by atoms with van der Waals surface area (Å²) in [4.78, 5) is 15.0. The maximum atomic E-state index is 6.25. The minimum Gasteiger partial charge on any atom is -0.456 e. The Hall–Kier alpha value is -7.83. The normalized spacial score (nSPS) is 11.9. The molecular formula is C51H31N5O. The Bertz CT molecular complexity index is 3470. The van der Waals surface area contributed by atoms with Crippen LogP contribution in [-0.2, 0) is 0 Å². The Morgan fingerprint density at radius 3 is 1.63 bits per heavy atom. The van der Waals surface area contributed by atoms with Gasteiger partial charge in [0.05, 0.1) is 22.1 Å². The molecule has 0 fully saturated rings. The van der Waals surface area contributed by atoms with E-state index >= 15 is 0 Å². The smallest absolute Gasteiger partial charge is 0.164 e. The summed E-state index contributed by atoms with van der Waals surface area (Å²) in [5.74, 6) is 1.90. The summed E-state index contributed by atoms with van der Waals surface area (Å²) in [5.41, 5.74) is 11.2. The van der Waals surface area contributed by atoms with Crippen molar-refractivity contribution in [1.82, 2.24) is 24.1 Å². The molecule has 0 amide bonds. The summed E-state index contributed by atoms with van der Waals surface area (Å²) in [7, 11) is 0. The quantitative estimate of drug-likeness (QED) is 0.177. The van der Waals surface area contributed by atoms with Gasteiger partial charge in [0.1, 0.15) is 11.2 Å². The molecule has 12 aromatic rings. The van der Waals surface area contributed by atoms with Gasteiger partial charge in [0.25, 0.3) is 0 Å². The first kappa shape index (κ1) is 31.5. The zero-order valence-corrected chi connectivity index (χ0v) is 30.5. The van der Waals surface area contributed by atoms with E-state index in [4.69, 9.17) is 19.4 Å². The second-order valence-corrected chi connectivity index (χ2v) is 14.4. The standard InChI is InChI=1S/C51H31N5O/c1-3-14-32(15-4-1)49-52-50(33-16-5-2-6-17-33)54-51(53-49)34-18-13-19-35(30-34)55-43-24-11-8-22-40(43)47-44(55)28-27-39-37-20-7-10-23-42(37)56(48(39)47)36-26-29-46-41(31-36)38-21-9-12-25-45(38)57-46/h1-31H. The fourth-order valence-corrected chi connectivity index (χ4v) is 8.63. The number of para-hydroxylation sites is 3. The number of aromatic nitrogens is 5. The van der Waals surface area contributed by atoms with Gasteiger partial charge in [-0.15, -0.1) is 0 Å². The van der Waals surface area contributed by atoms with Crippen molar-refractivity contribution in [1.29, 1.82) is 0 Å². The molecular weight excluding hydrogens is 699 g/mol. The first-order valence-corrected chi connectivity index (χ1v) is 19.1. The van der Waals surface area contributed by atoms with E-state index in [1.807, 2.05) is 72.8 Å². The van der Waals surface area contributed by atoms with Gasteiger partial charge in [-0.05, 0) is 54.6 Å².